The van der Waals surface area contributed by atoms with Crippen molar-refractivity contribution in [2.45, 2.75) is 40.5 Å². The predicted octanol–water partition coefficient (Wildman–Crippen LogP) is 3.31. The van der Waals surface area contributed by atoms with Gasteiger partial charge in [-0.25, -0.2) is 15.0 Å². The minimum atomic E-state index is -0.437. The second kappa shape index (κ2) is 8.12. The number of aromatic nitrogens is 3. The van der Waals surface area contributed by atoms with E-state index in [9.17, 15) is 4.79 Å². The summed E-state index contributed by atoms with van der Waals surface area (Å²) in [6.07, 6.45) is 3.67. The lowest BCUT2D eigenvalue weighted by molar-refractivity contribution is -0.123. The predicted molar refractivity (Wildman–Crippen MR) is 113 cm³/mol. The first kappa shape index (κ1) is 20.0. The third kappa shape index (κ3) is 4.77. The zero-order valence-corrected chi connectivity index (χ0v) is 17.4. The summed E-state index contributed by atoms with van der Waals surface area (Å²) in [4.78, 5) is 30.1. The van der Waals surface area contributed by atoms with Gasteiger partial charge in [-0.15, -0.1) is 0 Å². The highest BCUT2D eigenvalue weighted by molar-refractivity contribution is 5.93. The number of nitrogens with one attached hydrogen (secondary N) is 1. The second-order valence-corrected chi connectivity index (χ2v) is 8.51. The van der Waals surface area contributed by atoms with Crippen LogP contribution in [0.2, 0.25) is 0 Å². The van der Waals surface area contributed by atoms with Crippen molar-refractivity contribution < 1.29 is 4.79 Å². The SMILES string of the molecule is CC(C)c1nccc(N2CCN(c3ccc(NC(=O)C(C)(C)C)nc3)CC2)n1. The largest absolute Gasteiger partial charge is 0.367 e. The highest BCUT2D eigenvalue weighted by Gasteiger charge is 2.22. The van der Waals surface area contributed by atoms with Gasteiger partial charge in [-0.1, -0.05) is 34.6 Å². The van der Waals surface area contributed by atoms with Crippen LogP contribution in [0.15, 0.2) is 30.6 Å². The fourth-order valence-corrected chi connectivity index (χ4v) is 2.96. The number of piperazine rings is 1. The van der Waals surface area contributed by atoms with E-state index in [1.807, 2.05) is 51.4 Å². The summed E-state index contributed by atoms with van der Waals surface area (Å²) in [5.74, 6) is 2.76. The van der Waals surface area contributed by atoms with Crippen molar-refractivity contribution in [1.82, 2.24) is 15.0 Å². The van der Waals surface area contributed by atoms with Gasteiger partial charge in [0.2, 0.25) is 5.91 Å². The molecule has 1 aliphatic heterocycles. The second-order valence-electron chi connectivity index (χ2n) is 8.51. The zero-order chi connectivity index (χ0) is 20.3. The van der Waals surface area contributed by atoms with Gasteiger partial charge in [-0.2, -0.15) is 0 Å². The van der Waals surface area contributed by atoms with Gasteiger partial charge in [0.05, 0.1) is 11.9 Å². The van der Waals surface area contributed by atoms with Crippen LogP contribution >= 0.6 is 0 Å². The molecular formula is C21H30N6O. The average Bonchev–Trinajstić information content (AvgIpc) is 2.68. The molecule has 0 radical (unpaired) electrons. The topological polar surface area (TPSA) is 74.2 Å². The third-order valence-corrected chi connectivity index (χ3v) is 4.82. The number of hydrogen-bond acceptors (Lipinski definition) is 6. The van der Waals surface area contributed by atoms with Crippen LogP contribution in [0.1, 0.15) is 46.4 Å². The molecule has 1 N–H and O–H groups in total. The van der Waals surface area contributed by atoms with Crippen molar-refractivity contribution in [2.24, 2.45) is 5.41 Å². The van der Waals surface area contributed by atoms with Crippen LogP contribution in [0.4, 0.5) is 17.3 Å². The molecule has 0 spiro atoms. The fraction of sp³-hybridized carbons (Fsp3) is 0.524. The number of hydrogen-bond donors (Lipinski definition) is 1. The molecule has 0 bridgehead atoms. The van der Waals surface area contributed by atoms with E-state index in [1.165, 1.54) is 0 Å². The Balaban J connectivity index is 1.59. The molecule has 1 fully saturated rings. The molecule has 3 heterocycles. The van der Waals surface area contributed by atoms with Gasteiger partial charge in [-0.05, 0) is 18.2 Å². The van der Waals surface area contributed by atoms with E-state index in [2.05, 4.69) is 38.9 Å². The standard InChI is InChI=1S/C21H30N6O/c1-15(2)19-22-9-8-18(25-19)27-12-10-26(11-13-27)16-6-7-17(23-14-16)24-20(28)21(3,4)5/h6-9,14-15H,10-13H2,1-5H3,(H,23,24,28). The molecule has 7 heteroatoms. The van der Waals surface area contributed by atoms with Gasteiger partial charge < -0.3 is 15.1 Å². The normalized spacial score (nSPS) is 15.1. The minimum Gasteiger partial charge on any atom is -0.367 e. The monoisotopic (exact) mass is 382 g/mol. The lowest BCUT2D eigenvalue weighted by Gasteiger charge is -2.36. The van der Waals surface area contributed by atoms with Crippen molar-refractivity contribution in [2.75, 3.05) is 41.3 Å². The molecule has 1 aliphatic rings. The van der Waals surface area contributed by atoms with Gasteiger partial charge in [0.25, 0.3) is 0 Å². The van der Waals surface area contributed by atoms with Crippen LogP contribution in [0.25, 0.3) is 0 Å². The maximum atomic E-state index is 12.1. The molecule has 0 saturated carbocycles. The first-order chi connectivity index (χ1) is 13.2. The quantitative estimate of drug-likeness (QED) is 0.874. The van der Waals surface area contributed by atoms with Gasteiger partial charge in [0, 0.05) is 43.7 Å². The van der Waals surface area contributed by atoms with Crippen LogP contribution in [-0.2, 0) is 4.79 Å². The van der Waals surface area contributed by atoms with Gasteiger partial charge in [0.15, 0.2) is 0 Å². The van der Waals surface area contributed by atoms with Crippen LogP contribution in [0, 0.1) is 5.41 Å². The fourth-order valence-electron chi connectivity index (χ4n) is 2.96. The number of rotatable bonds is 4. The Hall–Kier alpha value is -2.70. The molecule has 0 unspecified atom stereocenters. The van der Waals surface area contributed by atoms with Crippen LogP contribution in [0.5, 0.6) is 0 Å². The Morgan fingerprint density at radius 3 is 2.29 bits per heavy atom. The Kier molecular flexibility index (Phi) is 5.82. The summed E-state index contributed by atoms with van der Waals surface area (Å²) in [6.45, 7) is 13.5. The van der Waals surface area contributed by atoms with E-state index in [1.54, 1.807) is 0 Å². The van der Waals surface area contributed by atoms with Gasteiger partial charge >= 0.3 is 0 Å². The van der Waals surface area contributed by atoms with Crippen molar-refractivity contribution in [1.29, 1.82) is 0 Å². The van der Waals surface area contributed by atoms with Crippen molar-refractivity contribution in [3.8, 4) is 0 Å². The molecule has 28 heavy (non-hydrogen) atoms. The van der Waals surface area contributed by atoms with Crippen LogP contribution in [0.3, 0.4) is 0 Å². The van der Waals surface area contributed by atoms with Crippen molar-refractivity contribution in [3.05, 3.63) is 36.4 Å². The first-order valence-electron chi connectivity index (χ1n) is 9.84. The van der Waals surface area contributed by atoms with Crippen molar-refractivity contribution >= 4 is 23.2 Å². The number of amides is 1. The molecule has 2 aromatic heterocycles. The smallest absolute Gasteiger partial charge is 0.230 e. The van der Waals surface area contributed by atoms with E-state index in [0.29, 0.717) is 11.7 Å². The Morgan fingerprint density at radius 2 is 1.71 bits per heavy atom. The summed E-state index contributed by atoms with van der Waals surface area (Å²) in [5, 5.41) is 2.86. The number of carbonyl (C=O) groups excluding carboxylic acids is 1. The minimum absolute atomic E-state index is 0.0352. The zero-order valence-electron chi connectivity index (χ0n) is 17.4. The molecular weight excluding hydrogens is 352 g/mol. The van der Waals surface area contributed by atoms with Gasteiger partial charge in [0.1, 0.15) is 17.5 Å². The third-order valence-electron chi connectivity index (χ3n) is 4.82. The van der Waals surface area contributed by atoms with E-state index < -0.39 is 5.41 Å². The summed E-state index contributed by atoms with van der Waals surface area (Å²) >= 11 is 0. The highest BCUT2D eigenvalue weighted by Crippen LogP contribution is 2.22. The number of carbonyl (C=O) groups is 1. The van der Waals surface area contributed by atoms with E-state index in [4.69, 9.17) is 4.98 Å². The Bertz CT molecular complexity index is 804. The lowest BCUT2D eigenvalue weighted by atomic mass is 9.96. The molecule has 150 valence electrons. The lowest BCUT2D eigenvalue weighted by Crippen LogP contribution is -2.47. The number of anilines is 3. The van der Waals surface area contributed by atoms with E-state index in [-0.39, 0.29) is 5.91 Å². The van der Waals surface area contributed by atoms with Crippen LogP contribution in [-0.4, -0.2) is 47.0 Å². The van der Waals surface area contributed by atoms with Gasteiger partial charge in [-0.3, -0.25) is 4.79 Å². The average molecular weight is 383 g/mol. The summed E-state index contributed by atoms with van der Waals surface area (Å²) in [5.41, 5.74) is 0.631. The molecule has 0 aliphatic carbocycles. The molecule has 3 rings (SSSR count). The number of pyridine rings is 1. The number of nitrogens with zero attached hydrogens (tertiary/aromatic N) is 5. The molecule has 0 aromatic carbocycles. The molecule has 0 atom stereocenters. The molecule has 2 aromatic rings. The van der Waals surface area contributed by atoms with Crippen LogP contribution < -0.4 is 15.1 Å². The van der Waals surface area contributed by atoms with E-state index in [0.717, 1.165) is 43.5 Å². The highest BCUT2D eigenvalue weighted by atomic mass is 16.2. The van der Waals surface area contributed by atoms with E-state index >= 15 is 0 Å². The molecule has 7 nitrogen and oxygen atoms in total. The maximum Gasteiger partial charge on any atom is 0.230 e. The molecule has 1 amide bonds. The summed E-state index contributed by atoms with van der Waals surface area (Å²) in [6, 6.07) is 5.86. The Morgan fingerprint density at radius 1 is 1.04 bits per heavy atom. The maximum absolute atomic E-state index is 12.1. The first-order valence-corrected chi connectivity index (χ1v) is 9.84. The summed E-state index contributed by atoms with van der Waals surface area (Å²) in [7, 11) is 0. The molecule has 1 saturated heterocycles. The van der Waals surface area contributed by atoms with Crippen molar-refractivity contribution in [3.63, 3.8) is 0 Å². The summed E-state index contributed by atoms with van der Waals surface area (Å²) < 4.78 is 0. The Labute approximate surface area is 167 Å².